The van der Waals surface area contributed by atoms with Crippen LogP contribution in [-0.2, 0) is 11.0 Å². The van der Waals surface area contributed by atoms with E-state index in [0.717, 1.165) is 12.1 Å². The minimum absolute atomic E-state index is 0.0479. The van der Waals surface area contributed by atoms with Crippen molar-refractivity contribution in [3.05, 3.63) is 39.4 Å². The largest absolute Gasteiger partial charge is 0.416 e. The first kappa shape index (κ1) is 14.9. The number of hydrogen-bond acceptors (Lipinski definition) is 1. The van der Waals surface area contributed by atoms with E-state index in [-0.39, 0.29) is 22.0 Å². The molecule has 0 saturated heterocycles. The molecule has 0 spiro atoms. The fourth-order valence-electron chi connectivity index (χ4n) is 1.20. The Bertz CT molecular complexity index is 475. The van der Waals surface area contributed by atoms with Crippen LogP contribution in [0.15, 0.2) is 18.2 Å². The summed E-state index contributed by atoms with van der Waals surface area (Å²) in [5.74, 6) is -0.564. The zero-order chi connectivity index (χ0) is 13.9. The molecule has 0 unspecified atom stereocenters. The minimum atomic E-state index is -4.51. The average Bonchev–Trinajstić information content (AvgIpc) is 2.20. The fraction of sp³-hybridized carbons (Fsp3) is 0.182. The van der Waals surface area contributed by atoms with Gasteiger partial charge in [0.15, 0.2) is 0 Å². The average molecular weight is 298 g/mol. The molecule has 7 heteroatoms. The Balaban J connectivity index is 3.09. The van der Waals surface area contributed by atoms with E-state index in [4.69, 9.17) is 28.9 Å². The maximum absolute atomic E-state index is 12.4. The lowest BCUT2D eigenvalue weighted by Crippen LogP contribution is -2.08. The molecule has 2 N–H and O–H groups in total. The molecule has 1 rings (SSSR count). The van der Waals surface area contributed by atoms with Crippen LogP contribution in [0, 0.1) is 0 Å². The van der Waals surface area contributed by atoms with Crippen molar-refractivity contribution in [2.75, 3.05) is 0 Å². The van der Waals surface area contributed by atoms with Crippen LogP contribution < -0.4 is 5.73 Å². The van der Waals surface area contributed by atoms with E-state index in [9.17, 15) is 18.0 Å². The normalized spacial score (nSPS) is 12.1. The van der Waals surface area contributed by atoms with Crippen molar-refractivity contribution >= 4 is 35.2 Å². The number of hydrogen-bond donors (Lipinski definition) is 1. The minimum Gasteiger partial charge on any atom is -0.369 e. The van der Waals surface area contributed by atoms with Crippen LogP contribution in [0.5, 0.6) is 0 Å². The molecule has 0 radical (unpaired) electrons. The summed E-state index contributed by atoms with van der Waals surface area (Å²) in [5, 5.41) is -0.286. The molecule has 0 fully saturated rings. The first-order valence-corrected chi connectivity index (χ1v) is 5.48. The number of rotatable bonds is 3. The number of amides is 1. The first-order valence-electron chi connectivity index (χ1n) is 4.73. The summed E-state index contributed by atoms with van der Waals surface area (Å²) in [7, 11) is 0. The van der Waals surface area contributed by atoms with Crippen molar-refractivity contribution < 1.29 is 18.0 Å². The predicted molar refractivity (Wildman–Crippen MR) is 64.3 cm³/mol. The SMILES string of the molecule is NC(=O)CC=Cc1c(Cl)cc(C(F)(F)F)cc1Cl. The standard InChI is InChI=1S/C11H8Cl2F3NO/c12-8-4-6(11(14,15)16)5-9(13)7(8)2-1-3-10(17)18/h1-2,4-5H,3H2,(H2,17,18). The highest BCUT2D eigenvalue weighted by Crippen LogP contribution is 2.36. The van der Waals surface area contributed by atoms with E-state index >= 15 is 0 Å². The Morgan fingerprint density at radius 3 is 2.17 bits per heavy atom. The lowest BCUT2D eigenvalue weighted by molar-refractivity contribution is -0.137. The second kappa shape index (κ2) is 5.63. The molecule has 0 aliphatic heterocycles. The van der Waals surface area contributed by atoms with Gasteiger partial charge in [-0.05, 0) is 12.1 Å². The zero-order valence-electron chi connectivity index (χ0n) is 8.89. The Morgan fingerprint density at radius 2 is 1.78 bits per heavy atom. The van der Waals surface area contributed by atoms with Crippen molar-refractivity contribution in [3.63, 3.8) is 0 Å². The summed E-state index contributed by atoms with van der Waals surface area (Å²) >= 11 is 11.4. The second-order valence-electron chi connectivity index (χ2n) is 3.42. The number of nitrogens with two attached hydrogens (primary N) is 1. The van der Waals surface area contributed by atoms with Gasteiger partial charge in [-0.15, -0.1) is 0 Å². The smallest absolute Gasteiger partial charge is 0.369 e. The van der Waals surface area contributed by atoms with E-state index in [2.05, 4.69) is 0 Å². The second-order valence-corrected chi connectivity index (χ2v) is 4.24. The Morgan fingerprint density at radius 1 is 1.28 bits per heavy atom. The van der Waals surface area contributed by atoms with Crippen molar-refractivity contribution in [3.8, 4) is 0 Å². The molecule has 1 amide bonds. The lowest BCUT2D eigenvalue weighted by atomic mass is 10.1. The summed E-state index contributed by atoms with van der Waals surface area (Å²) in [4.78, 5) is 10.5. The zero-order valence-corrected chi connectivity index (χ0v) is 10.4. The number of primary amides is 1. The van der Waals surface area contributed by atoms with Crippen molar-refractivity contribution in [2.45, 2.75) is 12.6 Å². The monoisotopic (exact) mass is 297 g/mol. The third-order valence-corrected chi connectivity index (χ3v) is 2.64. The Labute approximate surface area is 111 Å². The fourth-order valence-corrected chi connectivity index (χ4v) is 1.81. The molecule has 1 aromatic rings. The van der Waals surface area contributed by atoms with E-state index in [1.807, 2.05) is 0 Å². The van der Waals surface area contributed by atoms with E-state index in [1.54, 1.807) is 0 Å². The molecular formula is C11H8Cl2F3NO. The summed E-state index contributed by atoms with van der Waals surface area (Å²) in [6.07, 6.45) is -1.82. The lowest BCUT2D eigenvalue weighted by Gasteiger charge is -2.10. The Hall–Kier alpha value is -1.20. The van der Waals surface area contributed by atoms with Gasteiger partial charge >= 0.3 is 6.18 Å². The first-order chi connectivity index (χ1) is 8.21. The van der Waals surface area contributed by atoms with Crippen molar-refractivity contribution in [1.29, 1.82) is 0 Å². The summed E-state index contributed by atoms with van der Waals surface area (Å²) in [5.41, 5.74) is 4.20. The van der Waals surface area contributed by atoms with Crippen LogP contribution >= 0.6 is 23.2 Å². The highest BCUT2D eigenvalue weighted by atomic mass is 35.5. The van der Waals surface area contributed by atoms with Gasteiger partial charge in [0, 0.05) is 22.0 Å². The molecule has 2 nitrogen and oxygen atoms in total. The molecule has 0 aliphatic rings. The van der Waals surface area contributed by atoms with Gasteiger partial charge in [-0.25, -0.2) is 0 Å². The summed E-state index contributed by atoms with van der Waals surface area (Å²) in [6.45, 7) is 0. The molecule has 0 aliphatic carbocycles. The van der Waals surface area contributed by atoms with E-state index in [0.29, 0.717) is 0 Å². The van der Waals surface area contributed by atoms with Gasteiger partial charge in [0.2, 0.25) is 5.91 Å². The van der Waals surface area contributed by atoms with Gasteiger partial charge in [0.1, 0.15) is 0 Å². The van der Waals surface area contributed by atoms with E-state index in [1.165, 1.54) is 12.2 Å². The maximum atomic E-state index is 12.4. The van der Waals surface area contributed by atoms with E-state index < -0.39 is 17.6 Å². The van der Waals surface area contributed by atoms with Gasteiger partial charge in [-0.3, -0.25) is 4.79 Å². The number of carbonyl (C=O) groups excluding carboxylic acids is 1. The molecule has 0 heterocycles. The van der Waals surface area contributed by atoms with Crippen LogP contribution in [0.2, 0.25) is 10.0 Å². The van der Waals surface area contributed by atoms with Crippen LogP contribution in [0.4, 0.5) is 13.2 Å². The summed E-state index contributed by atoms with van der Waals surface area (Å²) < 4.78 is 37.3. The van der Waals surface area contributed by atoms with Crippen LogP contribution in [-0.4, -0.2) is 5.91 Å². The highest BCUT2D eigenvalue weighted by molar-refractivity contribution is 6.37. The molecule has 0 saturated carbocycles. The number of halogens is 5. The van der Waals surface area contributed by atoms with Crippen LogP contribution in [0.25, 0.3) is 6.08 Å². The maximum Gasteiger partial charge on any atom is 0.416 e. The third-order valence-electron chi connectivity index (χ3n) is 2.01. The van der Waals surface area contributed by atoms with Crippen molar-refractivity contribution in [1.82, 2.24) is 0 Å². The van der Waals surface area contributed by atoms with Crippen LogP contribution in [0.3, 0.4) is 0 Å². The molecular weight excluding hydrogens is 290 g/mol. The van der Waals surface area contributed by atoms with Crippen LogP contribution in [0.1, 0.15) is 17.5 Å². The Kier molecular flexibility index (Phi) is 4.65. The number of alkyl halides is 3. The topological polar surface area (TPSA) is 43.1 Å². The van der Waals surface area contributed by atoms with Gasteiger partial charge in [0.25, 0.3) is 0 Å². The molecule has 18 heavy (non-hydrogen) atoms. The molecule has 0 atom stereocenters. The highest BCUT2D eigenvalue weighted by Gasteiger charge is 2.31. The van der Waals surface area contributed by atoms with Gasteiger partial charge < -0.3 is 5.73 Å². The van der Waals surface area contributed by atoms with Gasteiger partial charge in [-0.2, -0.15) is 13.2 Å². The number of benzene rings is 1. The summed E-state index contributed by atoms with van der Waals surface area (Å²) in [6, 6.07) is 1.55. The quantitative estimate of drug-likeness (QED) is 0.903. The van der Waals surface area contributed by atoms with Crippen molar-refractivity contribution in [2.24, 2.45) is 5.73 Å². The predicted octanol–water partition coefficient (Wildman–Crippen LogP) is 3.90. The molecule has 0 aromatic heterocycles. The molecule has 98 valence electrons. The van der Waals surface area contributed by atoms with Gasteiger partial charge in [0.05, 0.1) is 5.56 Å². The third kappa shape index (κ3) is 3.92. The molecule has 1 aromatic carbocycles. The van der Waals surface area contributed by atoms with Gasteiger partial charge in [-0.1, -0.05) is 35.4 Å². The molecule has 0 bridgehead atoms. The number of carbonyl (C=O) groups is 1.